The first-order valence-corrected chi connectivity index (χ1v) is 4.23. The fraction of sp³-hybridized carbons (Fsp3) is 0.875. The van der Waals surface area contributed by atoms with Crippen LogP contribution in [0.25, 0.3) is 0 Å². The molecule has 0 saturated carbocycles. The summed E-state index contributed by atoms with van der Waals surface area (Å²) in [4.78, 5) is 21.0. The highest BCUT2D eigenvalue weighted by Gasteiger charge is 2.27. The maximum absolute atomic E-state index is 10.8. The van der Waals surface area contributed by atoms with Gasteiger partial charge in [0.1, 0.15) is 0 Å². The average Bonchev–Trinajstić information content (AvgIpc) is 2.04. The number of nitrogens with zero attached hydrogens (tertiary/aromatic N) is 1. The van der Waals surface area contributed by atoms with E-state index in [4.69, 9.17) is 0 Å². The zero-order chi connectivity index (χ0) is 10.4. The van der Waals surface area contributed by atoms with Crippen LogP contribution >= 0.6 is 0 Å². The Hall–Kier alpha value is -1.13. The molecule has 0 radical (unpaired) electrons. The van der Waals surface area contributed by atoms with Crippen LogP contribution in [0.2, 0.25) is 0 Å². The van der Waals surface area contributed by atoms with E-state index in [-0.39, 0.29) is 17.3 Å². The predicted molar refractivity (Wildman–Crippen MR) is 46.9 cm³/mol. The summed E-state index contributed by atoms with van der Waals surface area (Å²) >= 11 is 0. The lowest BCUT2D eigenvalue weighted by atomic mass is 9.97. The summed E-state index contributed by atoms with van der Waals surface area (Å²) < 4.78 is 4.43. The third kappa shape index (κ3) is 3.87. The van der Waals surface area contributed by atoms with Crippen molar-refractivity contribution in [3.63, 3.8) is 0 Å². The highest BCUT2D eigenvalue weighted by Crippen LogP contribution is 2.14. The molecule has 0 rings (SSSR count). The lowest BCUT2D eigenvalue weighted by Gasteiger charge is -2.13. The van der Waals surface area contributed by atoms with Crippen LogP contribution in [0, 0.1) is 16.0 Å². The molecule has 0 aliphatic heterocycles. The van der Waals surface area contributed by atoms with Gasteiger partial charge in [-0.3, -0.25) is 14.9 Å². The molecule has 2 atom stereocenters. The van der Waals surface area contributed by atoms with Crippen LogP contribution in [0.15, 0.2) is 0 Å². The molecular weight excluding hydrogens is 174 g/mol. The van der Waals surface area contributed by atoms with Gasteiger partial charge in [0, 0.05) is 17.3 Å². The van der Waals surface area contributed by atoms with E-state index in [1.807, 2.05) is 0 Å². The van der Waals surface area contributed by atoms with Gasteiger partial charge in [-0.05, 0) is 0 Å². The molecule has 0 aliphatic carbocycles. The fourth-order valence-electron chi connectivity index (χ4n) is 1.24. The fourth-order valence-corrected chi connectivity index (χ4v) is 1.24. The maximum atomic E-state index is 10.8. The van der Waals surface area contributed by atoms with Gasteiger partial charge in [-0.15, -0.1) is 0 Å². The predicted octanol–water partition coefficient (Wildman–Crippen LogP) is 1.24. The van der Waals surface area contributed by atoms with E-state index >= 15 is 0 Å². The molecule has 2 unspecified atom stereocenters. The second-order valence-corrected chi connectivity index (χ2v) is 3.02. The van der Waals surface area contributed by atoms with Crippen LogP contribution in [-0.4, -0.2) is 24.0 Å². The van der Waals surface area contributed by atoms with Gasteiger partial charge >= 0.3 is 5.97 Å². The summed E-state index contributed by atoms with van der Waals surface area (Å²) in [7, 11) is 1.28. The van der Waals surface area contributed by atoms with Crippen molar-refractivity contribution in [2.45, 2.75) is 32.7 Å². The van der Waals surface area contributed by atoms with E-state index in [0.717, 1.165) is 0 Å². The van der Waals surface area contributed by atoms with E-state index in [2.05, 4.69) is 4.74 Å². The Balaban J connectivity index is 4.13. The molecule has 13 heavy (non-hydrogen) atoms. The molecule has 0 aromatic rings. The van der Waals surface area contributed by atoms with Crippen LogP contribution in [0.5, 0.6) is 0 Å². The van der Waals surface area contributed by atoms with Gasteiger partial charge in [-0.25, -0.2) is 0 Å². The Labute approximate surface area is 77.2 Å². The quantitative estimate of drug-likeness (QED) is 0.370. The minimum absolute atomic E-state index is 0.107. The molecule has 0 aliphatic rings. The van der Waals surface area contributed by atoms with Crippen molar-refractivity contribution >= 4 is 5.97 Å². The molecule has 0 fully saturated rings. The molecule has 0 bridgehead atoms. The normalized spacial score (nSPS) is 14.7. The van der Waals surface area contributed by atoms with Crippen molar-refractivity contribution in [2.24, 2.45) is 5.92 Å². The lowest BCUT2D eigenvalue weighted by molar-refractivity contribution is -0.531. The van der Waals surface area contributed by atoms with Gasteiger partial charge in [0.25, 0.3) is 0 Å². The topological polar surface area (TPSA) is 69.4 Å². The number of hydrogen-bond donors (Lipinski definition) is 0. The molecule has 0 aromatic carbocycles. The number of hydrogen-bond acceptors (Lipinski definition) is 4. The van der Waals surface area contributed by atoms with E-state index < -0.39 is 12.0 Å². The SMILES string of the molecule is CCC(C(C)CC(=O)OC)[N+](=O)[O-]. The molecule has 5 nitrogen and oxygen atoms in total. The minimum atomic E-state index is -0.654. The summed E-state index contributed by atoms with van der Waals surface area (Å²) in [6, 6.07) is -0.654. The zero-order valence-corrected chi connectivity index (χ0v) is 8.15. The third-order valence-corrected chi connectivity index (χ3v) is 2.06. The first-order chi connectivity index (χ1) is 6.02. The minimum Gasteiger partial charge on any atom is -0.469 e. The smallest absolute Gasteiger partial charge is 0.306 e. The number of methoxy groups -OCH3 is 1. The molecule has 0 heterocycles. The largest absolute Gasteiger partial charge is 0.469 e. The molecule has 0 N–H and O–H groups in total. The van der Waals surface area contributed by atoms with Crippen LogP contribution in [0.1, 0.15) is 26.7 Å². The third-order valence-electron chi connectivity index (χ3n) is 2.06. The molecular formula is C8H15NO4. The molecule has 5 heteroatoms. The van der Waals surface area contributed by atoms with Crippen LogP contribution < -0.4 is 0 Å². The van der Waals surface area contributed by atoms with Gasteiger partial charge in [0.15, 0.2) is 0 Å². The lowest BCUT2D eigenvalue weighted by Crippen LogP contribution is -2.28. The van der Waals surface area contributed by atoms with Gasteiger partial charge in [0.05, 0.1) is 13.5 Å². The van der Waals surface area contributed by atoms with Crippen LogP contribution in [0.4, 0.5) is 0 Å². The number of carbonyl (C=O) groups is 1. The summed E-state index contributed by atoms with van der Waals surface area (Å²) in [5.74, 6) is -0.666. The van der Waals surface area contributed by atoms with Crippen LogP contribution in [0.3, 0.4) is 0 Å². The summed E-state index contributed by atoms with van der Waals surface area (Å²) in [5.41, 5.74) is 0. The molecule has 0 spiro atoms. The number of carbonyl (C=O) groups excluding carboxylic acids is 1. The first kappa shape index (κ1) is 11.9. The van der Waals surface area contributed by atoms with E-state index in [1.54, 1.807) is 13.8 Å². The maximum Gasteiger partial charge on any atom is 0.306 e. The van der Waals surface area contributed by atoms with Crippen molar-refractivity contribution in [3.05, 3.63) is 10.1 Å². The van der Waals surface area contributed by atoms with Gasteiger partial charge in [0.2, 0.25) is 6.04 Å². The Morgan fingerprint density at radius 1 is 1.62 bits per heavy atom. The Morgan fingerprint density at radius 3 is 2.46 bits per heavy atom. The monoisotopic (exact) mass is 189 g/mol. The zero-order valence-electron chi connectivity index (χ0n) is 8.15. The van der Waals surface area contributed by atoms with Crippen molar-refractivity contribution < 1.29 is 14.5 Å². The van der Waals surface area contributed by atoms with Crippen molar-refractivity contribution in [2.75, 3.05) is 7.11 Å². The molecule has 0 saturated heterocycles. The first-order valence-electron chi connectivity index (χ1n) is 4.23. The Kier molecular flexibility index (Phi) is 5.03. The molecule has 0 amide bonds. The van der Waals surface area contributed by atoms with E-state index in [0.29, 0.717) is 6.42 Å². The average molecular weight is 189 g/mol. The number of rotatable bonds is 5. The number of esters is 1. The van der Waals surface area contributed by atoms with Gasteiger partial charge in [-0.1, -0.05) is 13.8 Å². The highest BCUT2D eigenvalue weighted by molar-refractivity contribution is 5.69. The second kappa shape index (κ2) is 5.50. The number of ether oxygens (including phenoxy) is 1. The van der Waals surface area contributed by atoms with Crippen molar-refractivity contribution in [3.8, 4) is 0 Å². The Bertz CT molecular complexity index is 193. The second-order valence-electron chi connectivity index (χ2n) is 3.02. The van der Waals surface area contributed by atoms with Crippen molar-refractivity contribution in [1.29, 1.82) is 0 Å². The van der Waals surface area contributed by atoms with Crippen LogP contribution in [-0.2, 0) is 9.53 Å². The van der Waals surface area contributed by atoms with E-state index in [1.165, 1.54) is 7.11 Å². The van der Waals surface area contributed by atoms with Crippen molar-refractivity contribution in [1.82, 2.24) is 0 Å². The molecule has 76 valence electrons. The highest BCUT2D eigenvalue weighted by atomic mass is 16.6. The molecule has 0 aromatic heterocycles. The van der Waals surface area contributed by atoms with E-state index in [9.17, 15) is 14.9 Å². The summed E-state index contributed by atoms with van der Waals surface area (Å²) in [6.07, 6.45) is 0.543. The summed E-state index contributed by atoms with van der Waals surface area (Å²) in [6.45, 7) is 3.43. The summed E-state index contributed by atoms with van der Waals surface area (Å²) in [5, 5.41) is 10.5. The number of nitro groups is 1. The Morgan fingerprint density at radius 2 is 2.15 bits per heavy atom. The van der Waals surface area contributed by atoms with Gasteiger partial charge < -0.3 is 4.74 Å². The standard InChI is InChI=1S/C8H15NO4/c1-4-7(9(11)12)6(2)5-8(10)13-3/h6-7H,4-5H2,1-3H3. The van der Waals surface area contributed by atoms with Gasteiger partial charge in [-0.2, -0.15) is 0 Å².